The monoisotopic (exact) mass is 579 g/mol. The van der Waals surface area contributed by atoms with E-state index in [9.17, 15) is 9.59 Å². The second kappa shape index (κ2) is 11.6. The summed E-state index contributed by atoms with van der Waals surface area (Å²) in [5.74, 6) is -0.116. The Morgan fingerprint density at radius 3 is 2.33 bits per heavy atom. The minimum atomic E-state index is -0.111. The van der Waals surface area contributed by atoms with E-state index in [0.717, 1.165) is 79.2 Å². The Hall–Kier alpha value is -4.18. The molecule has 0 aliphatic carbocycles. The van der Waals surface area contributed by atoms with Crippen LogP contribution in [0.25, 0.3) is 21.1 Å². The highest BCUT2D eigenvalue weighted by molar-refractivity contribution is 7.12. The number of aromatic nitrogens is 5. The van der Waals surface area contributed by atoms with E-state index >= 15 is 0 Å². The second-order valence-electron chi connectivity index (χ2n) is 11.3. The molecule has 10 heteroatoms. The summed E-state index contributed by atoms with van der Waals surface area (Å²) in [4.78, 5) is 36.2. The Morgan fingerprint density at radius 1 is 0.833 bits per heavy atom. The highest BCUT2D eigenvalue weighted by Crippen LogP contribution is 2.27. The maximum absolute atomic E-state index is 13.9. The van der Waals surface area contributed by atoms with Gasteiger partial charge in [-0.15, -0.1) is 5.10 Å². The van der Waals surface area contributed by atoms with Crippen molar-refractivity contribution in [2.45, 2.75) is 51.0 Å². The van der Waals surface area contributed by atoms with Crippen molar-refractivity contribution >= 4 is 44.5 Å². The third kappa shape index (κ3) is 5.38. The molecule has 2 saturated heterocycles. The molecule has 0 atom stereocenters. The van der Waals surface area contributed by atoms with E-state index in [1.165, 1.54) is 17.1 Å². The summed E-state index contributed by atoms with van der Waals surface area (Å²) in [5.41, 5.74) is 4.91. The Balaban J connectivity index is 1.16. The predicted molar refractivity (Wildman–Crippen MR) is 163 cm³/mol. The molecule has 2 amide bonds. The number of carbonyl (C=O) groups excluding carboxylic acids is 2. The first-order chi connectivity index (χ1) is 20.6. The normalized spacial score (nSPS) is 16.4. The number of piperidine rings is 2. The van der Waals surface area contributed by atoms with E-state index in [1.807, 2.05) is 38.9 Å². The largest absolute Gasteiger partial charge is 0.339 e. The zero-order chi connectivity index (χ0) is 28.5. The minimum absolute atomic E-state index is 0.00571. The highest BCUT2D eigenvalue weighted by atomic mass is 32.1. The molecule has 2 fully saturated rings. The van der Waals surface area contributed by atoms with Crippen LogP contribution >= 0.6 is 11.5 Å². The number of nitrogens with zero attached hydrogens (tertiary/aromatic N) is 7. The lowest BCUT2D eigenvalue weighted by molar-refractivity contribution is 0.0684. The first kappa shape index (κ1) is 26.7. The second-order valence-corrected chi connectivity index (χ2v) is 12.1. The molecule has 7 rings (SSSR count). The van der Waals surface area contributed by atoms with Gasteiger partial charge in [-0.25, -0.2) is 4.98 Å². The maximum Gasteiger partial charge on any atom is 0.272 e. The SMILES string of the molecule is O=C(c1cc(C(=O)N2CCCCC2)c2cc(CCc3ccc4nnsc4c3)ccc2n1)N1CCC(n2cccn2)CC1. The summed E-state index contributed by atoms with van der Waals surface area (Å²) >= 11 is 1.41. The molecule has 5 heterocycles. The molecular weight excluding hydrogens is 546 g/mol. The fourth-order valence-corrected chi connectivity index (χ4v) is 6.86. The summed E-state index contributed by atoms with van der Waals surface area (Å²) < 4.78 is 7.12. The number of aryl methyl sites for hydroxylation is 2. The summed E-state index contributed by atoms with van der Waals surface area (Å²) in [6.07, 6.45) is 10.3. The topological polar surface area (TPSA) is 97.1 Å². The molecule has 2 aliphatic rings. The van der Waals surface area contributed by atoms with Crippen molar-refractivity contribution in [3.8, 4) is 0 Å². The molecule has 0 saturated carbocycles. The van der Waals surface area contributed by atoms with Crippen LogP contribution in [-0.2, 0) is 12.8 Å². The Kier molecular flexibility index (Phi) is 7.37. The van der Waals surface area contributed by atoms with Gasteiger partial charge in [0, 0.05) is 44.0 Å². The predicted octanol–water partition coefficient (Wildman–Crippen LogP) is 5.32. The number of benzene rings is 2. The van der Waals surface area contributed by atoms with Crippen LogP contribution in [0.3, 0.4) is 0 Å². The third-order valence-corrected chi connectivity index (χ3v) is 9.32. The van der Waals surface area contributed by atoms with E-state index in [-0.39, 0.29) is 11.8 Å². The zero-order valence-corrected chi connectivity index (χ0v) is 24.3. The van der Waals surface area contributed by atoms with Gasteiger partial charge in [0.15, 0.2) is 0 Å². The lowest BCUT2D eigenvalue weighted by Gasteiger charge is -2.32. The Bertz CT molecular complexity index is 1730. The number of pyridine rings is 1. The quantitative estimate of drug-likeness (QED) is 0.270. The number of fused-ring (bicyclic) bond motifs is 2. The van der Waals surface area contributed by atoms with Gasteiger partial charge in [0.2, 0.25) is 0 Å². The molecule has 3 aromatic heterocycles. The van der Waals surface area contributed by atoms with Crippen molar-refractivity contribution in [1.29, 1.82) is 0 Å². The molecular formula is C32H33N7O2S. The zero-order valence-electron chi connectivity index (χ0n) is 23.5. The van der Waals surface area contributed by atoms with Crippen LogP contribution in [0.1, 0.15) is 70.1 Å². The summed E-state index contributed by atoms with van der Waals surface area (Å²) in [5, 5.41) is 9.33. The van der Waals surface area contributed by atoms with Gasteiger partial charge in [-0.1, -0.05) is 16.6 Å². The van der Waals surface area contributed by atoms with E-state index in [4.69, 9.17) is 4.98 Å². The minimum Gasteiger partial charge on any atom is -0.339 e. The number of likely N-dealkylation sites (tertiary alicyclic amines) is 2. The van der Waals surface area contributed by atoms with Crippen LogP contribution in [0.4, 0.5) is 0 Å². The van der Waals surface area contributed by atoms with E-state index in [1.54, 1.807) is 12.3 Å². The van der Waals surface area contributed by atoms with Gasteiger partial charge >= 0.3 is 0 Å². The lowest BCUT2D eigenvalue weighted by Crippen LogP contribution is -2.40. The third-order valence-electron chi connectivity index (χ3n) is 8.63. The van der Waals surface area contributed by atoms with Crippen LogP contribution < -0.4 is 0 Å². The van der Waals surface area contributed by atoms with Crippen LogP contribution in [0.15, 0.2) is 60.9 Å². The van der Waals surface area contributed by atoms with Crippen LogP contribution in [0, 0.1) is 0 Å². The van der Waals surface area contributed by atoms with Gasteiger partial charge in [-0.3, -0.25) is 14.3 Å². The number of amides is 2. The van der Waals surface area contributed by atoms with Crippen molar-refractivity contribution in [2.24, 2.45) is 0 Å². The maximum atomic E-state index is 13.9. The standard InChI is InChI=1S/C32H33N7O2S/c40-31(37-14-2-1-3-15-37)26-21-29(32(41)38-17-11-24(12-18-38)39-16-4-13-33-39)34-27-9-7-22(19-25(26)27)5-6-23-8-10-28-30(20-23)42-36-35-28/h4,7-10,13,16,19-21,24H,1-3,5-6,11-12,14-15,17-18H2. The van der Waals surface area contributed by atoms with Crippen molar-refractivity contribution in [1.82, 2.24) is 34.2 Å². The molecule has 0 bridgehead atoms. The van der Waals surface area contributed by atoms with E-state index in [0.29, 0.717) is 35.9 Å². The first-order valence-electron chi connectivity index (χ1n) is 14.8. The molecule has 9 nitrogen and oxygen atoms in total. The van der Waals surface area contributed by atoms with Gasteiger partial charge in [-0.2, -0.15) is 5.10 Å². The lowest BCUT2D eigenvalue weighted by atomic mass is 9.98. The Morgan fingerprint density at radius 2 is 1.57 bits per heavy atom. The van der Waals surface area contributed by atoms with Gasteiger partial charge < -0.3 is 9.80 Å². The fraction of sp³-hybridized carbons (Fsp3) is 0.375. The first-order valence-corrected chi connectivity index (χ1v) is 15.6. The molecule has 2 aromatic carbocycles. The average Bonchev–Trinajstić information content (AvgIpc) is 3.76. The van der Waals surface area contributed by atoms with Gasteiger partial charge in [-0.05, 0) is 104 Å². The van der Waals surface area contributed by atoms with Gasteiger partial charge in [0.25, 0.3) is 11.8 Å². The van der Waals surface area contributed by atoms with Crippen molar-refractivity contribution in [3.05, 3.63) is 83.3 Å². The molecule has 5 aromatic rings. The van der Waals surface area contributed by atoms with Crippen molar-refractivity contribution < 1.29 is 9.59 Å². The molecule has 214 valence electrons. The Labute approximate surface area is 248 Å². The molecule has 0 N–H and O–H groups in total. The molecule has 0 radical (unpaired) electrons. The number of rotatable bonds is 6. The summed E-state index contributed by atoms with van der Waals surface area (Å²) in [6, 6.07) is 16.4. The molecule has 42 heavy (non-hydrogen) atoms. The molecule has 0 unspecified atom stereocenters. The summed E-state index contributed by atoms with van der Waals surface area (Å²) in [6.45, 7) is 2.78. The number of hydrogen-bond donors (Lipinski definition) is 0. The van der Waals surface area contributed by atoms with Gasteiger partial charge in [0.05, 0.1) is 21.8 Å². The smallest absolute Gasteiger partial charge is 0.272 e. The number of hydrogen-bond acceptors (Lipinski definition) is 7. The van der Waals surface area contributed by atoms with Crippen LogP contribution in [0.5, 0.6) is 0 Å². The fourth-order valence-electron chi connectivity index (χ4n) is 6.24. The number of carbonyl (C=O) groups is 2. The van der Waals surface area contributed by atoms with Crippen molar-refractivity contribution in [3.63, 3.8) is 0 Å². The van der Waals surface area contributed by atoms with Gasteiger partial charge in [0.1, 0.15) is 11.2 Å². The highest BCUT2D eigenvalue weighted by Gasteiger charge is 2.28. The van der Waals surface area contributed by atoms with Crippen LogP contribution in [-0.4, -0.2) is 72.1 Å². The van der Waals surface area contributed by atoms with E-state index in [2.05, 4.69) is 39.0 Å². The van der Waals surface area contributed by atoms with Crippen molar-refractivity contribution in [2.75, 3.05) is 26.2 Å². The average molecular weight is 580 g/mol. The molecule has 0 spiro atoms. The summed E-state index contributed by atoms with van der Waals surface area (Å²) in [7, 11) is 0. The molecule has 2 aliphatic heterocycles. The van der Waals surface area contributed by atoms with E-state index < -0.39 is 0 Å². The van der Waals surface area contributed by atoms with Crippen LogP contribution in [0.2, 0.25) is 0 Å².